The van der Waals surface area contributed by atoms with Gasteiger partial charge >= 0.3 is 6.03 Å². The van der Waals surface area contributed by atoms with Crippen LogP contribution in [0.4, 0.5) is 4.79 Å². The summed E-state index contributed by atoms with van der Waals surface area (Å²) in [5.74, 6) is 2.49. The quantitative estimate of drug-likeness (QED) is 0.868. The van der Waals surface area contributed by atoms with Gasteiger partial charge in [0.15, 0.2) is 0 Å². The lowest BCUT2D eigenvalue weighted by molar-refractivity contribution is -0.0161. The number of methoxy groups -OCH3 is 1. The number of amides is 2. The molecule has 5 heteroatoms. The molecular weight excluding hydrogens is 304 g/mol. The van der Waals surface area contributed by atoms with E-state index in [0.29, 0.717) is 19.7 Å². The van der Waals surface area contributed by atoms with Crippen LogP contribution in [0.5, 0.6) is 0 Å². The molecule has 4 fully saturated rings. The van der Waals surface area contributed by atoms with E-state index in [0.717, 1.165) is 23.3 Å². The van der Waals surface area contributed by atoms with Gasteiger partial charge in [-0.3, -0.25) is 0 Å². The average molecular weight is 332 g/mol. The number of urea groups is 1. The Morgan fingerprint density at radius 1 is 1.29 bits per heavy atom. The van der Waals surface area contributed by atoms with Gasteiger partial charge in [-0.05, 0) is 62.3 Å². The van der Waals surface area contributed by atoms with Crippen LogP contribution >= 0.6 is 0 Å². The zero-order chi connectivity index (χ0) is 16.6. The Morgan fingerprint density at radius 2 is 1.96 bits per heavy atom. The number of rotatable bonds is 6. The van der Waals surface area contributed by atoms with Crippen molar-refractivity contribution in [1.82, 2.24) is 10.2 Å². The minimum absolute atomic E-state index is 0.0492. The van der Waals surface area contributed by atoms with Crippen LogP contribution in [0, 0.1) is 17.8 Å². The highest BCUT2D eigenvalue weighted by molar-refractivity contribution is 5.75. The third kappa shape index (κ3) is 3.18. The third-order valence-electron chi connectivity index (χ3n) is 6.22. The van der Waals surface area contributed by atoms with Crippen molar-refractivity contribution >= 4 is 6.03 Å². The average Bonchev–Trinajstić information content (AvgIpc) is 3.02. The molecule has 4 aliphatic rings. The summed E-state index contributed by atoms with van der Waals surface area (Å²) in [4.78, 5) is 14.8. The van der Waals surface area contributed by atoms with Gasteiger partial charge in [-0.1, -0.05) is 0 Å². The molecule has 1 heterocycles. The van der Waals surface area contributed by atoms with Crippen molar-refractivity contribution in [3.63, 3.8) is 0 Å². The van der Waals surface area contributed by atoms with Crippen LogP contribution in [0.25, 0.3) is 0 Å². The fraction of sp³-hybridized carbons (Fsp3) is 0.737. The lowest BCUT2D eigenvalue weighted by Gasteiger charge is -2.57. The minimum Gasteiger partial charge on any atom is -0.472 e. The summed E-state index contributed by atoms with van der Waals surface area (Å²) < 4.78 is 10.3. The van der Waals surface area contributed by atoms with E-state index in [1.54, 1.807) is 19.6 Å². The van der Waals surface area contributed by atoms with E-state index in [1.807, 2.05) is 11.0 Å². The van der Waals surface area contributed by atoms with Crippen LogP contribution in [0.3, 0.4) is 0 Å². The predicted octanol–water partition coefficient (Wildman–Crippen LogP) is 3.41. The summed E-state index contributed by atoms with van der Waals surface area (Å²) in [6.45, 7) is 1.71. The Morgan fingerprint density at radius 3 is 2.50 bits per heavy atom. The Bertz CT molecular complexity index is 534. The Kier molecular flexibility index (Phi) is 4.29. The Balaban J connectivity index is 1.44. The summed E-state index contributed by atoms with van der Waals surface area (Å²) in [5, 5.41) is 3.45. The maximum atomic E-state index is 13.0. The van der Waals surface area contributed by atoms with Crippen LogP contribution in [-0.2, 0) is 11.3 Å². The number of carbonyl (C=O) groups excluding carboxylic acids is 1. The minimum atomic E-state index is 0.0492. The zero-order valence-corrected chi connectivity index (χ0v) is 14.5. The standard InChI is InChI=1S/C19H28N2O3/c1-23-5-3-21(12-14-2-4-24-13-14)18(22)20-19-9-15-6-16(10-19)8-17(7-15)11-19/h2,4,13,15-17H,3,5-12H2,1H3,(H,20,22). The van der Waals surface area contributed by atoms with Gasteiger partial charge < -0.3 is 19.4 Å². The molecule has 5 rings (SSSR count). The fourth-order valence-electron chi connectivity index (χ4n) is 5.63. The molecule has 5 nitrogen and oxygen atoms in total. The van der Waals surface area contributed by atoms with Crippen molar-refractivity contribution in [3.8, 4) is 0 Å². The molecule has 0 aromatic carbocycles. The van der Waals surface area contributed by atoms with E-state index in [2.05, 4.69) is 5.32 Å². The fourth-order valence-corrected chi connectivity index (χ4v) is 5.63. The summed E-state index contributed by atoms with van der Waals surface area (Å²) >= 11 is 0. The van der Waals surface area contributed by atoms with Crippen LogP contribution in [0.2, 0.25) is 0 Å². The molecule has 4 aliphatic carbocycles. The number of hydrogen-bond donors (Lipinski definition) is 1. The molecule has 1 N–H and O–H groups in total. The summed E-state index contributed by atoms with van der Waals surface area (Å²) in [6.07, 6.45) is 11.0. The molecule has 0 saturated heterocycles. The van der Waals surface area contributed by atoms with Gasteiger partial charge in [0.25, 0.3) is 0 Å². The molecule has 0 atom stereocenters. The summed E-state index contributed by atoms with van der Waals surface area (Å²) in [6, 6.07) is 1.97. The number of nitrogens with one attached hydrogen (secondary N) is 1. The Labute approximate surface area is 143 Å². The van der Waals surface area contributed by atoms with E-state index in [9.17, 15) is 4.79 Å². The van der Waals surface area contributed by atoms with Crippen molar-refractivity contribution in [2.24, 2.45) is 17.8 Å². The largest absolute Gasteiger partial charge is 0.472 e. The maximum Gasteiger partial charge on any atom is 0.318 e. The second-order valence-corrected chi connectivity index (χ2v) is 8.17. The number of carbonyl (C=O) groups is 1. The second-order valence-electron chi connectivity index (χ2n) is 8.17. The number of furan rings is 1. The first-order chi connectivity index (χ1) is 11.7. The topological polar surface area (TPSA) is 54.7 Å². The van der Waals surface area contributed by atoms with Gasteiger partial charge in [0, 0.05) is 24.8 Å². The smallest absolute Gasteiger partial charge is 0.318 e. The van der Waals surface area contributed by atoms with Gasteiger partial charge in [0.05, 0.1) is 25.7 Å². The van der Waals surface area contributed by atoms with Gasteiger partial charge in [-0.2, -0.15) is 0 Å². The highest BCUT2D eigenvalue weighted by atomic mass is 16.5. The molecule has 0 aliphatic heterocycles. The van der Waals surface area contributed by atoms with Gasteiger partial charge in [0.1, 0.15) is 0 Å². The van der Waals surface area contributed by atoms with Crippen LogP contribution < -0.4 is 5.32 Å². The van der Waals surface area contributed by atoms with E-state index < -0.39 is 0 Å². The monoisotopic (exact) mass is 332 g/mol. The Hall–Kier alpha value is -1.49. The first-order valence-electron chi connectivity index (χ1n) is 9.23. The summed E-state index contributed by atoms with van der Waals surface area (Å²) in [7, 11) is 1.67. The molecule has 132 valence electrons. The first kappa shape index (κ1) is 16.0. The first-order valence-corrected chi connectivity index (χ1v) is 9.23. The van der Waals surface area contributed by atoms with Crippen LogP contribution in [-0.4, -0.2) is 36.7 Å². The highest BCUT2D eigenvalue weighted by Crippen LogP contribution is 2.55. The van der Waals surface area contributed by atoms with E-state index in [1.165, 1.54) is 38.5 Å². The molecule has 0 radical (unpaired) electrons. The molecule has 4 bridgehead atoms. The molecule has 0 spiro atoms. The molecule has 2 amide bonds. The predicted molar refractivity (Wildman–Crippen MR) is 90.4 cm³/mol. The lowest BCUT2D eigenvalue weighted by Crippen LogP contribution is -2.61. The normalized spacial score (nSPS) is 33.6. The van der Waals surface area contributed by atoms with Crippen molar-refractivity contribution in [2.45, 2.75) is 50.6 Å². The van der Waals surface area contributed by atoms with Gasteiger partial charge in [-0.25, -0.2) is 4.79 Å². The van der Waals surface area contributed by atoms with Crippen LogP contribution in [0.15, 0.2) is 23.0 Å². The molecule has 4 saturated carbocycles. The third-order valence-corrected chi connectivity index (χ3v) is 6.22. The molecule has 1 aromatic rings. The van der Waals surface area contributed by atoms with Crippen molar-refractivity contribution in [3.05, 3.63) is 24.2 Å². The summed E-state index contributed by atoms with van der Waals surface area (Å²) in [5.41, 5.74) is 1.07. The van der Waals surface area contributed by atoms with Crippen molar-refractivity contribution < 1.29 is 13.9 Å². The zero-order valence-electron chi connectivity index (χ0n) is 14.5. The lowest BCUT2D eigenvalue weighted by atomic mass is 9.53. The molecule has 1 aromatic heterocycles. The van der Waals surface area contributed by atoms with E-state index in [-0.39, 0.29) is 11.6 Å². The number of hydrogen-bond acceptors (Lipinski definition) is 3. The highest BCUT2D eigenvalue weighted by Gasteiger charge is 2.51. The van der Waals surface area contributed by atoms with Crippen molar-refractivity contribution in [1.29, 1.82) is 0 Å². The van der Waals surface area contributed by atoms with Gasteiger partial charge in [0.2, 0.25) is 0 Å². The van der Waals surface area contributed by atoms with Gasteiger partial charge in [-0.15, -0.1) is 0 Å². The molecule has 0 unspecified atom stereocenters. The molecule has 24 heavy (non-hydrogen) atoms. The number of ether oxygens (including phenoxy) is 1. The van der Waals surface area contributed by atoms with E-state index in [4.69, 9.17) is 9.15 Å². The maximum absolute atomic E-state index is 13.0. The SMILES string of the molecule is COCCN(Cc1ccoc1)C(=O)NC12CC3CC(CC(C3)C1)C2. The number of nitrogens with zero attached hydrogens (tertiary/aromatic N) is 1. The van der Waals surface area contributed by atoms with E-state index >= 15 is 0 Å². The van der Waals surface area contributed by atoms with Crippen molar-refractivity contribution in [2.75, 3.05) is 20.3 Å². The second kappa shape index (κ2) is 6.43. The van der Waals surface area contributed by atoms with Crippen LogP contribution in [0.1, 0.15) is 44.1 Å². The molecular formula is C19H28N2O3.